The molecule has 2 aromatic rings. The van der Waals surface area contributed by atoms with Crippen LogP contribution in [0.15, 0.2) is 41.6 Å². The average Bonchev–Trinajstić information content (AvgIpc) is 2.91. The molecule has 0 fully saturated rings. The molecule has 0 saturated carbocycles. The van der Waals surface area contributed by atoms with E-state index in [9.17, 15) is 0 Å². The first kappa shape index (κ1) is 14.6. The smallest absolute Gasteiger partial charge is 0.170 e. The number of nitrogens with zero attached hydrogens (tertiary/aromatic N) is 1. The van der Waals surface area contributed by atoms with Crippen molar-refractivity contribution in [2.45, 2.75) is 26.4 Å². The molecule has 4 nitrogen and oxygen atoms in total. The Kier molecular flexibility index (Phi) is 4.76. The Morgan fingerprint density at radius 1 is 1.35 bits per heavy atom. The molecule has 1 heterocycles. The fraction of sp³-hybridized carbons (Fsp3) is 0.267. The topological polar surface area (TPSA) is 70.6 Å². The molecule has 0 amide bonds. The molecule has 2 rings (SSSR count). The average molecular weight is 289 g/mol. The number of benzene rings is 1. The Labute approximate surface area is 122 Å². The summed E-state index contributed by atoms with van der Waals surface area (Å²) < 4.78 is 0. The fourth-order valence-electron chi connectivity index (χ4n) is 2.03. The number of amidine groups is 1. The SMILES string of the molecule is Cc1ccc(C(C)NCc2ccccc2C(N)=NO)s1. The minimum Gasteiger partial charge on any atom is -0.409 e. The van der Waals surface area contributed by atoms with Crippen LogP contribution in [0.2, 0.25) is 0 Å². The van der Waals surface area contributed by atoms with E-state index in [0.29, 0.717) is 6.54 Å². The molecule has 1 unspecified atom stereocenters. The summed E-state index contributed by atoms with van der Waals surface area (Å²) in [7, 11) is 0. The zero-order valence-corrected chi connectivity index (χ0v) is 12.4. The lowest BCUT2D eigenvalue weighted by Gasteiger charge is -2.14. The van der Waals surface area contributed by atoms with Gasteiger partial charge < -0.3 is 16.3 Å². The summed E-state index contributed by atoms with van der Waals surface area (Å²) in [6.07, 6.45) is 0. The molecule has 20 heavy (non-hydrogen) atoms. The van der Waals surface area contributed by atoms with Crippen molar-refractivity contribution < 1.29 is 5.21 Å². The van der Waals surface area contributed by atoms with Gasteiger partial charge in [-0.15, -0.1) is 11.3 Å². The third-order valence-electron chi connectivity index (χ3n) is 3.19. The van der Waals surface area contributed by atoms with Crippen LogP contribution in [0.25, 0.3) is 0 Å². The van der Waals surface area contributed by atoms with Gasteiger partial charge >= 0.3 is 0 Å². The van der Waals surface area contributed by atoms with Crippen molar-refractivity contribution in [3.63, 3.8) is 0 Å². The lowest BCUT2D eigenvalue weighted by Crippen LogP contribution is -2.21. The Morgan fingerprint density at radius 3 is 2.75 bits per heavy atom. The van der Waals surface area contributed by atoms with E-state index in [1.165, 1.54) is 9.75 Å². The fourth-order valence-corrected chi connectivity index (χ4v) is 2.93. The van der Waals surface area contributed by atoms with Gasteiger partial charge in [-0.1, -0.05) is 29.4 Å². The third-order valence-corrected chi connectivity index (χ3v) is 4.37. The van der Waals surface area contributed by atoms with E-state index >= 15 is 0 Å². The van der Waals surface area contributed by atoms with Crippen LogP contribution in [-0.4, -0.2) is 11.0 Å². The quantitative estimate of drug-likeness (QED) is 0.343. The standard InChI is InChI=1S/C15H19N3OS/c1-10-7-8-14(20-10)11(2)17-9-12-5-3-4-6-13(12)15(16)18-19/h3-8,11,17,19H,9H2,1-2H3,(H2,16,18). The van der Waals surface area contributed by atoms with Crippen molar-refractivity contribution in [2.24, 2.45) is 10.9 Å². The van der Waals surface area contributed by atoms with Crippen LogP contribution in [0.4, 0.5) is 0 Å². The number of nitrogens with one attached hydrogen (secondary N) is 1. The molecule has 1 atom stereocenters. The summed E-state index contributed by atoms with van der Waals surface area (Å²) >= 11 is 1.80. The van der Waals surface area contributed by atoms with Gasteiger partial charge in [0.25, 0.3) is 0 Å². The number of hydrogen-bond acceptors (Lipinski definition) is 4. The van der Waals surface area contributed by atoms with Crippen LogP contribution >= 0.6 is 11.3 Å². The predicted octanol–water partition coefficient (Wildman–Crippen LogP) is 3.00. The molecule has 106 valence electrons. The monoisotopic (exact) mass is 289 g/mol. The van der Waals surface area contributed by atoms with E-state index in [4.69, 9.17) is 10.9 Å². The Bertz CT molecular complexity index is 607. The first-order valence-corrected chi connectivity index (χ1v) is 7.29. The number of nitrogens with two attached hydrogens (primary N) is 1. The summed E-state index contributed by atoms with van der Waals surface area (Å²) in [4.78, 5) is 2.62. The largest absolute Gasteiger partial charge is 0.409 e. The molecule has 1 aromatic carbocycles. The minimum absolute atomic E-state index is 0.141. The van der Waals surface area contributed by atoms with E-state index in [0.717, 1.165) is 11.1 Å². The summed E-state index contributed by atoms with van der Waals surface area (Å²) in [6.45, 7) is 4.91. The van der Waals surface area contributed by atoms with Gasteiger partial charge in [-0.2, -0.15) is 0 Å². The molecule has 0 bridgehead atoms. The van der Waals surface area contributed by atoms with Crippen LogP contribution in [0, 0.1) is 6.92 Å². The molecule has 0 aliphatic rings. The van der Waals surface area contributed by atoms with Gasteiger partial charge in [0.15, 0.2) is 5.84 Å². The van der Waals surface area contributed by atoms with Gasteiger partial charge in [0.2, 0.25) is 0 Å². The highest BCUT2D eigenvalue weighted by Crippen LogP contribution is 2.22. The zero-order valence-electron chi connectivity index (χ0n) is 11.6. The second-order valence-corrected chi connectivity index (χ2v) is 6.01. The molecule has 0 aliphatic carbocycles. The highest BCUT2D eigenvalue weighted by atomic mass is 32.1. The summed E-state index contributed by atoms with van der Waals surface area (Å²) in [5.41, 5.74) is 7.47. The predicted molar refractivity (Wildman–Crippen MR) is 83.3 cm³/mol. The lowest BCUT2D eigenvalue weighted by atomic mass is 10.1. The number of hydrogen-bond donors (Lipinski definition) is 3. The van der Waals surface area contributed by atoms with E-state index in [1.54, 1.807) is 11.3 Å². The van der Waals surface area contributed by atoms with E-state index in [-0.39, 0.29) is 11.9 Å². The third kappa shape index (κ3) is 3.37. The van der Waals surface area contributed by atoms with Crippen molar-refractivity contribution in [1.82, 2.24) is 5.32 Å². The van der Waals surface area contributed by atoms with Gasteiger partial charge in [-0.05, 0) is 31.5 Å². The summed E-state index contributed by atoms with van der Waals surface area (Å²) in [6, 6.07) is 12.2. The number of rotatable bonds is 5. The van der Waals surface area contributed by atoms with Crippen molar-refractivity contribution >= 4 is 17.2 Å². The molecule has 0 saturated heterocycles. The molecule has 1 aromatic heterocycles. The maximum atomic E-state index is 8.82. The number of aryl methyl sites for hydroxylation is 1. The second-order valence-electron chi connectivity index (χ2n) is 4.69. The van der Waals surface area contributed by atoms with E-state index in [2.05, 4.69) is 36.5 Å². The Hall–Kier alpha value is -1.85. The second kappa shape index (κ2) is 6.54. The first-order chi connectivity index (χ1) is 9.61. The Morgan fingerprint density at radius 2 is 2.10 bits per heavy atom. The van der Waals surface area contributed by atoms with Crippen molar-refractivity contribution in [1.29, 1.82) is 0 Å². The molecule has 4 N–H and O–H groups in total. The van der Waals surface area contributed by atoms with Crippen molar-refractivity contribution in [3.8, 4) is 0 Å². The maximum Gasteiger partial charge on any atom is 0.170 e. The minimum atomic E-state index is 0.141. The summed E-state index contributed by atoms with van der Waals surface area (Å²) in [5, 5.41) is 15.4. The van der Waals surface area contributed by atoms with Gasteiger partial charge in [-0.25, -0.2) is 0 Å². The van der Waals surface area contributed by atoms with Crippen LogP contribution in [0.1, 0.15) is 33.8 Å². The molecule has 5 heteroatoms. The molecular weight excluding hydrogens is 270 g/mol. The van der Waals surface area contributed by atoms with Gasteiger partial charge in [-0.3, -0.25) is 0 Å². The zero-order chi connectivity index (χ0) is 14.5. The summed E-state index contributed by atoms with van der Waals surface area (Å²) in [5.74, 6) is 0.141. The number of oxime groups is 1. The molecular formula is C15H19N3OS. The van der Waals surface area contributed by atoms with Crippen LogP contribution in [0.5, 0.6) is 0 Å². The van der Waals surface area contributed by atoms with E-state index in [1.807, 2.05) is 24.3 Å². The van der Waals surface area contributed by atoms with Crippen LogP contribution in [0.3, 0.4) is 0 Å². The Balaban J connectivity index is 2.08. The molecule has 0 spiro atoms. The van der Waals surface area contributed by atoms with Crippen molar-refractivity contribution in [2.75, 3.05) is 0 Å². The normalized spacial score (nSPS) is 13.4. The van der Waals surface area contributed by atoms with Crippen LogP contribution in [-0.2, 0) is 6.54 Å². The lowest BCUT2D eigenvalue weighted by molar-refractivity contribution is 0.318. The molecule has 0 radical (unpaired) electrons. The van der Waals surface area contributed by atoms with Gasteiger partial charge in [0.1, 0.15) is 0 Å². The highest BCUT2D eigenvalue weighted by molar-refractivity contribution is 7.12. The van der Waals surface area contributed by atoms with Gasteiger partial charge in [0, 0.05) is 27.9 Å². The highest BCUT2D eigenvalue weighted by Gasteiger charge is 2.10. The van der Waals surface area contributed by atoms with E-state index < -0.39 is 0 Å². The first-order valence-electron chi connectivity index (χ1n) is 6.47. The maximum absolute atomic E-state index is 8.82. The van der Waals surface area contributed by atoms with Crippen LogP contribution < -0.4 is 11.1 Å². The van der Waals surface area contributed by atoms with Gasteiger partial charge in [0.05, 0.1) is 0 Å². The number of thiophene rings is 1. The van der Waals surface area contributed by atoms with Crippen molar-refractivity contribution in [3.05, 3.63) is 57.3 Å². The molecule has 0 aliphatic heterocycles.